The molecule has 0 spiro atoms. The van der Waals surface area contributed by atoms with Crippen LogP contribution in [0.3, 0.4) is 0 Å². The molecule has 2 aromatic rings. The molecule has 1 fully saturated rings. The number of hydrogen-bond acceptors (Lipinski definition) is 4. The van der Waals surface area contributed by atoms with Gasteiger partial charge in [-0.05, 0) is 24.5 Å². The highest BCUT2D eigenvalue weighted by atomic mass is 32.2. The van der Waals surface area contributed by atoms with Crippen molar-refractivity contribution in [2.75, 3.05) is 19.3 Å². The SMILES string of the molecule is CS(=O)(=O)c1cn[nH]c1[C@H]1CCCN(C(=O)/C=C/c2ccccc2)C1. The standard InChI is InChI=1S/C18H21N3O3S/c1-25(23,24)16-12-19-20-18(16)15-8-5-11-21(13-15)17(22)10-9-14-6-3-2-4-7-14/h2-4,6-7,9-10,12,15H,5,8,11,13H2,1H3,(H,19,20)/b10-9+/t15-/m0/s1. The summed E-state index contributed by atoms with van der Waals surface area (Å²) in [5.41, 5.74) is 1.57. The molecular formula is C18H21N3O3S. The zero-order valence-corrected chi connectivity index (χ0v) is 14.9. The van der Waals surface area contributed by atoms with Crippen molar-refractivity contribution in [1.82, 2.24) is 15.1 Å². The number of benzene rings is 1. The smallest absolute Gasteiger partial charge is 0.246 e. The van der Waals surface area contributed by atoms with E-state index in [4.69, 9.17) is 0 Å². The summed E-state index contributed by atoms with van der Waals surface area (Å²) in [7, 11) is -3.33. The third-order valence-electron chi connectivity index (χ3n) is 4.39. The Balaban J connectivity index is 1.72. The lowest BCUT2D eigenvalue weighted by atomic mass is 9.95. The van der Waals surface area contributed by atoms with Crippen molar-refractivity contribution in [3.8, 4) is 0 Å². The summed E-state index contributed by atoms with van der Waals surface area (Å²) in [5, 5.41) is 6.70. The molecule has 1 amide bonds. The maximum atomic E-state index is 12.5. The third-order valence-corrected chi connectivity index (χ3v) is 5.52. The van der Waals surface area contributed by atoms with Crippen molar-refractivity contribution in [1.29, 1.82) is 0 Å². The Morgan fingerprint density at radius 1 is 1.32 bits per heavy atom. The lowest BCUT2D eigenvalue weighted by Gasteiger charge is -2.31. The molecule has 2 heterocycles. The number of likely N-dealkylation sites (tertiary alicyclic amines) is 1. The predicted molar refractivity (Wildman–Crippen MR) is 95.7 cm³/mol. The largest absolute Gasteiger partial charge is 0.338 e. The number of carbonyl (C=O) groups is 1. The van der Waals surface area contributed by atoms with Gasteiger partial charge in [-0.15, -0.1) is 0 Å². The van der Waals surface area contributed by atoms with E-state index in [0.29, 0.717) is 18.8 Å². The van der Waals surface area contributed by atoms with Crippen LogP contribution >= 0.6 is 0 Å². The Morgan fingerprint density at radius 2 is 2.08 bits per heavy atom. The van der Waals surface area contributed by atoms with Gasteiger partial charge in [0.05, 0.1) is 11.9 Å². The fourth-order valence-electron chi connectivity index (χ4n) is 3.12. The molecule has 1 atom stereocenters. The molecular weight excluding hydrogens is 338 g/mol. The second-order valence-corrected chi connectivity index (χ2v) is 8.27. The average molecular weight is 359 g/mol. The van der Waals surface area contributed by atoms with Crippen LogP contribution in [0, 0.1) is 0 Å². The molecule has 3 rings (SSSR count). The highest BCUT2D eigenvalue weighted by Crippen LogP contribution is 2.29. The van der Waals surface area contributed by atoms with Crippen molar-refractivity contribution in [3.05, 3.63) is 53.9 Å². The van der Waals surface area contributed by atoms with Crippen molar-refractivity contribution in [2.24, 2.45) is 0 Å². The van der Waals surface area contributed by atoms with Crippen LogP contribution < -0.4 is 0 Å². The Morgan fingerprint density at radius 3 is 2.80 bits per heavy atom. The van der Waals surface area contributed by atoms with Crippen molar-refractivity contribution < 1.29 is 13.2 Å². The van der Waals surface area contributed by atoms with Crippen LogP contribution in [0.4, 0.5) is 0 Å². The molecule has 0 radical (unpaired) electrons. The molecule has 1 aliphatic rings. The van der Waals surface area contributed by atoms with E-state index in [9.17, 15) is 13.2 Å². The maximum absolute atomic E-state index is 12.5. The van der Waals surface area contributed by atoms with E-state index < -0.39 is 9.84 Å². The number of aromatic amines is 1. The van der Waals surface area contributed by atoms with Crippen LogP contribution in [0.2, 0.25) is 0 Å². The molecule has 0 saturated carbocycles. The highest BCUT2D eigenvalue weighted by Gasteiger charge is 2.29. The number of nitrogens with one attached hydrogen (secondary N) is 1. The van der Waals surface area contributed by atoms with Gasteiger partial charge in [0.15, 0.2) is 9.84 Å². The van der Waals surface area contributed by atoms with Gasteiger partial charge in [0.25, 0.3) is 0 Å². The molecule has 6 nitrogen and oxygen atoms in total. The molecule has 0 aliphatic carbocycles. The van der Waals surface area contributed by atoms with Gasteiger partial charge in [0.1, 0.15) is 4.90 Å². The number of H-pyrrole nitrogens is 1. The Bertz CT molecular complexity index is 872. The Kier molecular flexibility index (Phi) is 5.03. The van der Waals surface area contributed by atoms with E-state index in [1.54, 1.807) is 17.1 Å². The molecule has 7 heteroatoms. The summed E-state index contributed by atoms with van der Waals surface area (Å²) < 4.78 is 23.8. The summed E-state index contributed by atoms with van der Waals surface area (Å²) in [6, 6.07) is 9.65. The van der Waals surface area contributed by atoms with Gasteiger partial charge < -0.3 is 4.90 Å². The van der Waals surface area contributed by atoms with Crippen LogP contribution in [0.15, 0.2) is 47.5 Å². The van der Waals surface area contributed by atoms with Gasteiger partial charge >= 0.3 is 0 Å². The third kappa shape index (κ3) is 4.17. The van der Waals surface area contributed by atoms with E-state index in [-0.39, 0.29) is 16.7 Å². The summed E-state index contributed by atoms with van der Waals surface area (Å²) >= 11 is 0. The summed E-state index contributed by atoms with van der Waals surface area (Å²) in [6.45, 7) is 1.17. The second-order valence-electron chi connectivity index (χ2n) is 6.29. The van der Waals surface area contributed by atoms with Crippen molar-refractivity contribution >= 4 is 21.8 Å². The lowest BCUT2D eigenvalue weighted by Crippen LogP contribution is -2.38. The number of hydrogen-bond donors (Lipinski definition) is 1. The number of nitrogens with zero attached hydrogens (tertiary/aromatic N) is 2. The highest BCUT2D eigenvalue weighted by molar-refractivity contribution is 7.90. The average Bonchev–Trinajstić information content (AvgIpc) is 3.11. The van der Waals surface area contributed by atoms with Gasteiger partial charge in [0, 0.05) is 31.3 Å². The number of piperidine rings is 1. The van der Waals surface area contributed by atoms with Crippen LogP contribution in [0.5, 0.6) is 0 Å². The number of sulfone groups is 1. The molecule has 1 aromatic heterocycles. The fourth-order valence-corrected chi connectivity index (χ4v) is 3.98. The number of amides is 1. The van der Waals surface area contributed by atoms with Gasteiger partial charge in [-0.25, -0.2) is 8.42 Å². The second kappa shape index (κ2) is 7.23. The number of aromatic nitrogens is 2. The predicted octanol–water partition coefficient (Wildman–Crippen LogP) is 2.23. The van der Waals surface area contributed by atoms with Crippen LogP contribution in [0.25, 0.3) is 6.08 Å². The molecule has 1 N–H and O–H groups in total. The van der Waals surface area contributed by atoms with Gasteiger partial charge in [0.2, 0.25) is 5.91 Å². The van der Waals surface area contributed by atoms with E-state index in [1.807, 2.05) is 30.3 Å². The first-order chi connectivity index (χ1) is 11.9. The summed E-state index contributed by atoms with van der Waals surface area (Å²) in [4.78, 5) is 14.5. The molecule has 0 bridgehead atoms. The van der Waals surface area contributed by atoms with Crippen molar-refractivity contribution in [2.45, 2.75) is 23.7 Å². The first-order valence-electron chi connectivity index (χ1n) is 8.20. The van der Waals surface area contributed by atoms with Gasteiger partial charge in [-0.2, -0.15) is 5.10 Å². The zero-order valence-electron chi connectivity index (χ0n) is 14.1. The van der Waals surface area contributed by atoms with Crippen molar-refractivity contribution in [3.63, 3.8) is 0 Å². The quantitative estimate of drug-likeness (QED) is 0.849. The molecule has 25 heavy (non-hydrogen) atoms. The normalized spacial score (nSPS) is 18.6. The lowest BCUT2D eigenvalue weighted by molar-refractivity contribution is -0.127. The van der Waals surface area contributed by atoms with Gasteiger partial charge in [-0.1, -0.05) is 30.3 Å². The van der Waals surface area contributed by atoms with E-state index >= 15 is 0 Å². The van der Waals surface area contributed by atoms with E-state index in [2.05, 4.69) is 10.2 Å². The molecule has 1 aliphatic heterocycles. The molecule has 1 saturated heterocycles. The first kappa shape index (κ1) is 17.4. The Labute approximate surface area is 147 Å². The summed E-state index contributed by atoms with van der Waals surface area (Å²) in [5.74, 6) is -0.107. The Hall–Kier alpha value is -2.41. The minimum Gasteiger partial charge on any atom is -0.338 e. The minimum absolute atomic E-state index is 0.0462. The van der Waals surface area contributed by atoms with Crippen LogP contribution in [0.1, 0.15) is 30.0 Å². The number of carbonyl (C=O) groups excluding carboxylic acids is 1. The van der Waals surface area contributed by atoms with Crippen LogP contribution in [-0.2, 0) is 14.6 Å². The van der Waals surface area contributed by atoms with E-state index in [0.717, 1.165) is 18.4 Å². The van der Waals surface area contributed by atoms with Crippen LogP contribution in [-0.4, -0.2) is 48.8 Å². The fraction of sp³-hybridized carbons (Fsp3) is 0.333. The minimum atomic E-state index is -3.33. The topological polar surface area (TPSA) is 83.1 Å². The number of rotatable bonds is 4. The zero-order chi connectivity index (χ0) is 17.9. The first-order valence-corrected chi connectivity index (χ1v) is 10.1. The van der Waals surface area contributed by atoms with E-state index in [1.165, 1.54) is 12.5 Å². The summed E-state index contributed by atoms with van der Waals surface area (Å²) in [6.07, 6.45) is 7.55. The monoisotopic (exact) mass is 359 g/mol. The molecule has 132 valence electrons. The molecule has 1 aromatic carbocycles. The van der Waals surface area contributed by atoms with Gasteiger partial charge in [-0.3, -0.25) is 9.89 Å². The molecule has 0 unspecified atom stereocenters. The maximum Gasteiger partial charge on any atom is 0.246 e.